The van der Waals surface area contributed by atoms with Crippen molar-refractivity contribution in [2.75, 3.05) is 24.3 Å². The number of hydrogen-bond donors (Lipinski definition) is 2. The molecule has 36 heavy (non-hydrogen) atoms. The van der Waals surface area contributed by atoms with Crippen molar-refractivity contribution in [2.45, 2.75) is 27.3 Å². The average molecular weight is 487 g/mol. The molecule has 0 fully saturated rings. The molecule has 186 valence electrons. The SMILES string of the molecule is COC(=O)c1c(NC(=O)c2ccoc2)c2cc(NCC(C)=Cc3ccccc3)cnc2n1CC(C)C. The van der Waals surface area contributed by atoms with E-state index in [1.165, 1.54) is 19.6 Å². The van der Waals surface area contributed by atoms with E-state index in [0.717, 1.165) is 16.8 Å². The molecule has 8 heteroatoms. The number of ether oxygens (including phenoxy) is 1. The minimum Gasteiger partial charge on any atom is -0.472 e. The van der Waals surface area contributed by atoms with Crippen molar-refractivity contribution in [1.29, 1.82) is 0 Å². The van der Waals surface area contributed by atoms with Crippen LogP contribution in [0.1, 0.15) is 47.2 Å². The van der Waals surface area contributed by atoms with E-state index in [-0.39, 0.29) is 11.6 Å². The Morgan fingerprint density at radius 3 is 2.64 bits per heavy atom. The Hall–Kier alpha value is -4.33. The monoisotopic (exact) mass is 486 g/mol. The summed E-state index contributed by atoms with van der Waals surface area (Å²) in [5, 5.41) is 6.92. The Morgan fingerprint density at radius 2 is 1.97 bits per heavy atom. The van der Waals surface area contributed by atoms with E-state index in [0.29, 0.717) is 35.4 Å². The molecule has 0 aliphatic heterocycles. The Bertz CT molecular complexity index is 1390. The number of hydrogen-bond acceptors (Lipinski definition) is 6. The van der Waals surface area contributed by atoms with Crippen LogP contribution >= 0.6 is 0 Å². The second-order valence-corrected chi connectivity index (χ2v) is 9.04. The van der Waals surface area contributed by atoms with Gasteiger partial charge in [0, 0.05) is 18.5 Å². The van der Waals surface area contributed by atoms with Crippen molar-refractivity contribution in [1.82, 2.24) is 9.55 Å². The number of furan rings is 1. The molecule has 0 saturated heterocycles. The van der Waals surface area contributed by atoms with Gasteiger partial charge in [-0.15, -0.1) is 0 Å². The lowest BCUT2D eigenvalue weighted by Crippen LogP contribution is -2.18. The molecular formula is C28H30N4O4. The highest BCUT2D eigenvalue weighted by molar-refractivity contribution is 6.14. The van der Waals surface area contributed by atoms with Crippen molar-refractivity contribution in [3.8, 4) is 0 Å². The number of rotatable bonds is 9. The van der Waals surface area contributed by atoms with E-state index >= 15 is 0 Å². The summed E-state index contributed by atoms with van der Waals surface area (Å²) in [6, 6.07) is 13.6. The van der Waals surface area contributed by atoms with Crippen LogP contribution in [0.3, 0.4) is 0 Å². The minimum atomic E-state index is -0.549. The Balaban J connectivity index is 1.73. The zero-order chi connectivity index (χ0) is 25.7. The first-order valence-corrected chi connectivity index (χ1v) is 11.8. The Labute approximate surface area is 210 Å². The predicted octanol–water partition coefficient (Wildman–Crippen LogP) is 5.84. The van der Waals surface area contributed by atoms with Gasteiger partial charge in [-0.25, -0.2) is 9.78 Å². The summed E-state index contributed by atoms with van der Waals surface area (Å²) in [6.07, 6.45) is 6.63. The van der Waals surface area contributed by atoms with Gasteiger partial charge in [-0.2, -0.15) is 0 Å². The first-order valence-electron chi connectivity index (χ1n) is 11.8. The maximum atomic E-state index is 12.9. The van der Waals surface area contributed by atoms with Crippen LogP contribution < -0.4 is 10.6 Å². The van der Waals surface area contributed by atoms with Crippen molar-refractivity contribution in [3.05, 3.63) is 83.6 Å². The summed E-state index contributed by atoms with van der Waals surface area (Å²) >= 11 is 0. The Morgan fingerprint density at radius 1 is 1.19 bits per heavy atom. The van der Waals surface area contributed by atoms with Crippen LogP contribution in [0.5, 0.6) is 0 Å². The molecule has 3 aromatic heterocycles. The highest BCUT2D eigenvalue weighted by Gasteiger charge is 2.27. The van der Waals surface area contributed by atoms with Gasteiger partial charge in [-0.1, -0.05) is 55.8 Å². The fourth-order valence-corrected chi connectivity index (χ4v) is 4.01. The van der Waals surface area contributed by atoms with Crippen LogP contribution in [0, 0.1) is 5.92 Å². The number of nitrogens with one attached hydrogen (secondary N) is 2. The number of fused-ring (bicyclic) bond motifs is 1. The maximum absolute atomic E-state index is 12.9. The lowest BCUT2D eigenvalue weighted by atomic mass is 10.1. The molecule has 3 heterocycles. The zero-order valence-electron chi connectivity index (χ0n) is 20.9. The standard InChI is InChI=1S/C28H30N4O4/c1-18(2)16-32-25(28(34)35-4)24(31-27(33)21-10-11-36-17-21)23-13-22(15-30-26(23)32)29-14-19(3)12-20-8-6-5-7-9-20/h5-13,15,17-18,29H,14,16H2,1-4H3,(H,31,33). The quantitative estimate of drug-likeness (QED) is 0.289. The van der Waals surface area contributed by atoms with Crippen LogP contribution in [0.25, 0.3) is 17.1 Å². The highest BCUT2D eigenvalue weighted by atomic mass is 16.5. The molecule has 0 aliphatic carbocycles. The van der Waals surface area contributed by atoms with E-state index in [1.54, 1.807) is 16.8 Å². The van der Waals surface area contributed by atoms with E-state index < -0.39 is 11.9 Å². The van der Waals surface area contributed by atoms with Gasteiger partial charge in [0.05, 0.1) is 36.5 Å². The van der Waals surface area contributed by atoms with Crippen LogP contribution in [0.4, 0.5) is 11.4 Å². The fourth-order valence-electron chi connectivity index (χ4n) is 4.01. The molecule has 0 unspecified atom stereocenters. The largest absolute Gasteiger partial charge is 0.472 e. The molecule has 1 amide bonds. The van der Waals surface area contributed by atoms with Crippen molar-refractivity contribution >= 4 is 40.4 Å². The van der Waals surface area contributed by atoms with Gasteiger partial charge >= 0.3 is 5.97 Å². The van der Waals surface area contributed by atoms with Gasteiger partial charge < -0.3 is 24.4 Å². The summed E-state index contributed by atoms with van der Waals surface area (Å²) in [5.74, 6) is -0.711. The molecule has 8 nitrogen and oxygen atoms in total. The first-order chi connectivity index (χ1) is 17.4. The number of benzene rings is 1. The minimum absolute atomic E-state index is 0.229. The number of aromatic nitrogens is 2. The number of methoxy groups -OCH3 is 1. The lowest BCUT2D eigenvalue weighted by Gasteiger charge is -2.12. The smallest absolute Gasteiger partial charge is 0.356 e. The van der Waals surface area contributed by atoms with Crippen LogP contribution in [0.15, 0.2) is 71.2 Å². The number of carbonyl (C=O) groups is 2. The second-order valence-electron chi connectivity index (χ2n) is 9.04. The van der Waals surface area contributed by atoms with Crippen LogP contribution in [-0.2, 0) is 11.3 Å². The molecule has 0 aliphatic rings. The normalized spacial score (nSPS) is 11.6. The predicted molar refractivity (Wildman–Crippen MR) is 141 cm³/mol. The van der Waals surface area contributed by atoms with E-state index in [2.05, 4.69) is 40.8 Å². The van der Waals surface area contributed by atoms with Gasteiger partial charge in [-0.3, -0.25) is 4.79 Å². The first kappa shape index (κ1) is 24.8. The second kappa shape index (κ2) is 10.9. The van der Waals surface area contributed by atoms with Crippen LogP contribution in [-0.4, -0.2) is 35.1 Å². The van der Waals surface area contributed by atoms with Crippen molar-refractivity contribution in [2.24, 2.45) is 5.92 Å². The summed E-state index contributed by atoms with van der Waals surface area (Å²) < 4.78 is 11.9. The third-order valence-corrected chi connectivity index (χ3v) is 5.63. The van der Waals surface area contributed by atoms with Gasteiger partial charge in [0.2, 0.25) is 0 Å². The number of pyridine rings is 1. The summed E-state index contributed by atoms with van der Waals surface area (Å²) in [4.78, 5) is 30.5. The molecule has 0 radical (unpaired) electrons. The molecule has 2 N–H and O–H groups in total. The summed E-state index contributed by atoms with van der Waals surface area (Å²) in [7, 11) is 1.32. The number of carbonyl (C=O) groups excluding carboxylic acids is 2. The lowest BCUT2D eigenvalue weighted by molar-refractivity contribution is 0.0589. The number of esters is 1. The van der Waals surface area contributed by atoms with Gasteiger partial charge in [0.15, 0.2) is 5.69 Å². The molecule has 1 aromatic carbocycles. The third kappa shape index (κ3) is 5.49. The molecule has 0 bridgehead atoms. The molecule has 0 spiro atoms. The van der Waals surface area contributed by atoms with Crippen molar-refractivity contribution < 1.29 is 18.7 Å². The Kier molecular flexibility index (Phi) is 7.53. The molecule has 0 saturated carbocycles. The number of anilines is 2. The average Bonchev–Trinajstić information content (AvgIpc) is 3.50. The summed E-state index contributed by atoms with van der Waals surface area (Å²) in [6.45, 7) is 7.29. The summed E-state index contributed by atoms with van der Waals surface area (Å²) in [5.41, 5.74) is 4.58. The van der Waals surface area contributed by atoms with E-state index in [1.807, 2.05) is 38.1 Å². The highest BCUT2D eigenvalue weighted by Crippen LogP contribution is 2.33. The molecule has 4 aromatic rings. The fraction of sp³-hybridized carbons (Fsp3) is 0.250. The third-order valence-electron chi connectivity index (χ3n) is 5.63. The maximum Gasteiger partial charge on any atom is 0.356 e. The van der Waals surface area contributed by atoms with Gasteiger partial charge in [-0.05, 0) is 30.5 Å². The molecular weight excluding hydrogens is 456 g/mol. The van der Waals surface area contributed by atoms with Crippen molar-refractivity contribution in [3.63, 3.8) is 0 Å². The van der Waals surface area contributed by atoms with E-state index in [4.69, 9.17) is 9.15 Å². The molecule has 4 rings (SSSR count). The van der Waals surface area contributed by atoms with Gasteiger partial charge in [0.25, 0.3) is 5.91 Å². The number of amides is 1. The van der Waals surface area contributed by atoms with Crippen LogP contribution in [0.2, 0.25) is 0 Å². The zero-order valence-corrected chi connectivity index (χ0v) is 20.9. The molecule has 0 atom stereocenters. The van der Waals surface area contributed by atoms with Gasteiger partial charge in [0.1, 0.15) is 11.9 Å². The topological polar surface area (TPSA) is 98.4 Å². The number of nitrogens with zero attached hydrogens (tertiary/aromatic N) is 2. The van der Waals surface area contributed by atoms with E-state index in [9.17, 15) is 9.59 Å².